The van der Waals surface area contributed by atoms with Crippen LogP contribution in [0.3, 0.4) is 0 Å². The van der Waals surface area contributed by atoms with Crippen molar-refractivity contribution in [3.63, 3.8) is 0 Å². The van der Waals surface area contributed by atoms with Crippen molar-refractivity contribution in [3.05, 3.63) is 24.4 Å². The van der Waals surface area contributed by atoms with Gasteiger partial charge in [-0.3, -0.25) is 19.7 Å². The Morgan fingerprint density at radius 2 is 2.11 bits per heavy atom. The van der Waals surface area contributed by atoms with Gasteiger partial charge >= 0.3 is 0 Å². The lowest BCUT2D eigenvalue weighted by Gasteiger charge is -2.36. The summed E-state index contributed by atoms with van der Waals surface area (Å²) in [5.74, 6) is 0.995. The van der Waals surface area contributed by atoms with Crippen molar-refractivity contribution in [2.75, 3.05) is 6.54 Å². The Balaban J connectivity index is 1.33. The molecule has 2 aliphatic rings. The summed E-state index contributed by atoms with van der Waals surface area (Å²) in [6.45, 7) is 0.788. The average Bonchev–Trinajstić information content (AvgIpc) is 3.39. The van der Waals surface area contributed by atoms with E-state index in [4.69, 9.17) is 0 Å². The van der Waals surface area contributed by atoms with Crippen LogP contribution in [0.5, 0.6) is 0 Å². The molecule has 3 heterocycles. The molecule has 0 spiro atoms. The summed E-state index contributed by atoms with van der Waals surface area (Å²) in [5, 5.41) is 9.84. The van der Waals surface area contributed by atoms with Crippen LogP contribution in [0.1, 0.15) is 44.3 Å². The van der Waals surface area contributed by atoms with E-state index in [0.29, 0.717) is 42.8 Å². The van der Waals surface area contributed by atoms with E-state index in [2.05, 4.69) is 30.5 Å². The molecule has 2 aromatic rings. The number of carbonyl (C=O) groups excluding carboxylic acids is 2. The van der Waals surface area contributed by atoms with Crippen LogP contribution >= 0.6 is 0 Å². The molecule has 1 aliphatic carbocycles. The third kappa shape index (κ3) is 3.96. The molecule has 0 radical (unpaired) electrons. The van der Waals surface area contributed by atoms with Gasteiger partial charge in [0.15, 0.2) is 0 Å². The molecule has 2 amide bonds. The standard InChI is InChI=1S/C18H23N7O2/c26-16-6-5-12(11-25(16)13-3-1-2-4-13)18(27)21-10-15-22-17(24-23-15)14-9-19-7-8-20-14/h7-9,12-13H,1-6,10-11H2,(H,21,27)(H,22,23,24)/t12-/m0/s1. The van der Waals surface area contributed by atoms with E-state index in [-0.39, 0.29) is 24.3 Å². The Labute approximate surface area is 157 Å². The van der Waals surface area contributed by atoms with Crippen LogP contribution in [-0.4, -0.2) is 54.5 Å². The summed E-state index contributed by atoms with van der Waals surface area (Å²) in [4.78, 5) is 39.2. The lowest BCUT2D eigenvalue weighted by Crippen LogP contribution is -2.49. The molecular formula is C18H23N7O2. The summed E-state index contributed by atoms with van der Waals surface area (Å²) < 4.78 is 0. The smallest absolute Gasteiger partial charge is 0.225 e. The lowest BCUT2D eigenvalue weighted by atomic mass is 9.95. The molecule has 2 N–H and O–H groups in total. The number of aromatic nitrogens is 5. The van der Waals surface area contributed by atoms with Crippen molar-refractivity contribution in [1.82, 2.24) is 35.4 Å². The molecule has 2 aromatic heterocycles. The highest BCUT2D eigenvalue weighted by atomic mass is 16.2. The molecule has 2 fully saturated rings. The van der Waals surface area contributed by atoms with Crippen molar-refractivity contribution in [2.45, 2.75) is 51.1 Å². The topological polar surface area (TPSA) is 117 Å². The first-order valence-corrected chi connectivity index (χ1v) is 9.45. The first-order chi connectivity index (χ1) is 13.2. The molecule has 1 aliphatic heterocycles. The fourth-order valence-electron chi connectivity index (χ4n) is 3.87. The first-order valence-electron chi connectivity index (χ1n) is 9.45. The van der Waals surface area contributed by atoms with E-state index in [1.54, 1.807) is 18.6 Å². The molecule has 9 nitrogen and oxygen atoms in total. The summed E-state index contributed by atoms with van der Waals surface area (Å²) in [6, 6.07) is 0.317. The fourth-order valence-corrected chi connectivity index (χ4v) is 3.87. The highest BCUT2D eigenvalue weighted by molar-refractivity contribution is 5.84. The van der Waals surface area contributed by atoms with Crippen LogP contribution in [0.15, 0.2) is 18.6 Å². The van der Waals surface area contributed by atoms with Gasteiger partial charge in [-0.2, -0.15) is 5.10 Å². The van der Waals surface area contributed by atoms with Crippen molar-refractivity contribution in [2.24, 2.45) is 5.92 Å². The molecule has 27 heavy (non-hydrogen) atoms. The number of H-pyrrole nitrogens is 1. The highest BCUT2D eigenvalue weighted by Gasteiger charge is 2.35. The molecule has 9 heteroatoms. The SMILES string of the molecule is O=C(NCc1nc(-c2cnccn2)n[nH]1)[C@H]1CCC(=O)N(C2CCCC2)C1. The largest absolute Gasteiger partial charge is 0.349 e. The van der Waals surface area contributed by atoms with E-state index in [1.165, 1.54) is 12.8 Å². The fraction of sp³-hybridized carbons (Fsp3) is 0.556. The number of rotatable bonds is 5. The van der Waals surface area contributed by atoms with Gasteiger partial charge in [-0.25, -0.2) is 9.97 Å². The maximum Gasteiger partial charge on any atom is 0.225 e. The number of hydrogen-bond acceptors (Lipinski definition) is 6. The monoisotopic (exact) mass is 369 g/mol. The molecule has 0 aromatic carbocycles. The van der Waals surface area contributed by atoms with Crippen LogP contribution in [-0.2, 0) is 16.1 Å². The van der Waals surface area contributed by atoms with E-state index >= 15 is 0 Å². The van der Waals surface area contributed by atoms with Gasteiger partial charge in [0.05, 0.1) is 18.7 Å². The van der Waals surface area contributed by atoms with Crippen molar-refractivity contribution >= 4 is 11.8 Å². The zero-order valence-electron chi connectivity index (χ0n) is 15.1. The van der Waals surface area contributed by atoms with E-state index in [9.17, 15) is 9.59 Å². The molecule has 1 saturated carbocycles. The van der Waals surface area contributed by atoms with Gasteiger partial charge < -0.3 is 10.2 Å². The Morgan fingerprint density at radius 1 is 1.26 bits per heavy atom. The maximum absolute atomic E-state index is 12.6. The Morgan fingerprint density at radius 3 is 2.89 bits per heavy atom. The van der Waals surface area contributed by atoms with Crippen LogP contribution in [0.2, 0.25) is 0 Å². The number of piperidine rings is 1. The van der Waals surface area contributed by atoms with Crippen molar-refractivity contribution in [3.8, 4) is 11.5 Å². The predicted molar refractivity (Wildman–Crippen MR) is 95.9 cm³/mol. The number of aromatic amines is 1. The summed E-state index contributed by atoms with van der Waals surface area (Å²) in [7, 11) is 0. The van der Waals surface area contributed by atoms with Crippen molar-refractivity contribution < 1.29 is 9.59 Å². The van der Waals surface area contributed by atoms with Crippen LogP contribution in [0.4, 0.5) is 0 Å². The van der Waals surface area contributed by atoms with Gasteiger partial charge in [0.2, 0.25) is 17.6 Å². The zero-order valence-corrected chi connectivity index (χ0v) is 15.1. The summed E-state index contributed by atoms with van der Waals surface area (Å²) >= 11 is 0. The molecule has 1 atom stereocenters. The molecule has 142 valence electrons. The third-order valence-corrected chi connectivity index (χ3v) is 5.33. The minimum Gasteiger partial charge on any atom is -0.349 e. The molecular weight excluding hydrogens is 346 g/mol. The van der Waals surface area contributed by atoms with E-state index in [0.717, 1.165) is 12.8 Å². The average molecular weight is 369 g/mol. The first kappa shape index (κ1) is 17.6. The van der Waals surface area contributed by atoms with Gasteiger partial charge in [-0.15, -0.1) is 0 Å². The molecule has 4 rings (SSSR count). The zero-order chi connectivity index (χ0) is 18.6. The summed E-state index contributed by atoms with van der Waals surface area (Å²) in [5.41, 5.74) is 0.573. The second kappa shape index (κ2) is 7.81. The van der Waals surface area contributed by atoms with Crippen LogP contribution in [0.25, 0.3) is 11.5 Å². The van der Waals surface area contributed by atoms with Crippen LogP contribution < -0.4 is 5.32 Å². The number of hydrogen-bond donors (Lipinski definition) is 2. The van der Waals surface area contributed by atoms with Crippen molar-refractivity contribution in [1.29, 1.82) is 0 Å². The lowest BCUT2D eigenvalue weighted by molar-refractivity contribution is -0.140. The number of amides is 2. The van der Waals surface area contributed by atoms with Crippen LogP contribution in [0, 0.1) is 5.92 Å². The number of carbonyl (C=O) groups is 2. The Kier molecular flexibility index (Phi) is 5.08. The van der Waals surface area contributed by atoms with Gasteiger partial charge in [0, 0.05) is 31.4 Å². The minimum absolute atomic E-state index is 0.0389. The Hall–Kier alpha value is -2.84. The van der Waals surface area contributed by atoms with Gasteiger partial charge in [-0.05, 0) is 19.3 Å². The Bertz CT molecular complexity index is 801. The third-order valence-electron chi connectivity index (χ3n) is 5.33. The molecule has 0 unspecified atom stereocenters. The van der Waals surface area contributed by atoms with Gasteiger partial charge in [-0.1, -0.05) is 12.8 Å². The van der Waals surface area contributed by atoms with E-state index in [1.807, 2.05) is 4.90 Å². The second-order valence-corrected chi connectivity index (χ2v) is 7.13. The molecule has 1 saturated heterocycles. The maximum atomic E-state index is 12.6. The quantitative estimate of drug-likeness (QED) is 0.814. The van der Waals surface area contributed by atoms with Gasteiger partial charge in [0.25, 0.3) is 0 Å². The number of likely N-dealkylation sites (tertiary alicyclic amines) is 1. The highest BCUT2D eigenvalue weighted by Crippen LogP contribution is 2.28. The normalized spacial score (nSPS) is 20.8. The molecule has 0 bridgehead atoms. The van der Waals surface area contributed by atoms with E-state index < -0.39 is 0 Å². The predicted octanol–water partition coefficient (Wildman–Crippen LogP) is 1.06. The number of nitrogens with one attached hydrogen (secondary N) is 2. The minimum atomic E-state index is -0.161. The second-order valence-electron chi connectivity index (χ2n) is 7.13. The number of nitrogens with zero attached hydrogens (tertiary/aromatic N) is 5. The van der Waals surface area contributed by atoms with Gasteiger partial charge in [0.1, 0.15) is 11.5 Å². The summed E-state index contributed by atoms with van der Waals surface area (Å²) in [6.07, 6.45) is 10.3.